The Hall–Kier alpha value is -2.52. The molecule has 2 fully saturated rings. The van der Waals surface area contributed by atoms with Crippen molar-refractivity contribution < 1.29 is 32.6 Å². The van der Waals surface area contributed by atoms with E-state index in [4.69, 9.17) is 9.47 Å². The number of hydrogen-bond donors (Lipinski definition) is 0. The lowest BCUT2D eigenvalue weighted by molar-refractivity contribution is -0.124. The van der Waals surface area contributed by atoms with E-state index >= 15 is 0 Å². The van der Waals surface area contributed by atoms with Gasteiger partial charge in [0.2, 0.25) is 5.91 Å². The first kappa shape index (κ1) is 24.6. The van der Waals surface area contributed by atoms with Crippen LogP contribution < -0.4 is 9.64 Å². The lowest BCUT2D eigenvalue weighted by atomic mass is 9.82. The van der Waals surface area contributed by atoms with E-state index in [0.29, 0.717) is 41.9 Å². The van der Waals surface area contributed by atoms with Gasteiger partial charge in [-0.25, -0.2) is 13.6 Å². The summed E-state index contributed by atoms with van der Waals surface area (Å²) in [5.74, 6) is -0.843. The summed E-state index contributed by atoms with van der Waals surface area (Å²) in [4.78, 5) is 28.0. The number of benzene rings is 1. The van der Waals surface area contributed by atoms with Crippen molar-refractivity contribution in [1.29, 1.82) is 0 Å². The largest absolute Gasteiger partial charge is 0.513 e. The van der Waals surface area contributed by atoms with Crippen molar-refractivity contribution >= 4 is 28.4 Å². The molecular weight excluding hydrogens is 464 g/mol. The molecule has 2 heterocycles. The number of carbonyl (C=O) groups excluding carboxylic acids is 2. The first-order chi connectivity index (χ1) is 16.4. The Morgan fingerprint density at radius 3 is 2.41 bits per heavy atom. The summed E-state index contributed by atoms with van der Waals surface area (Å²) < 4.78 is 43.7. The fourth-order valence-corrected chi connectivity index (χ4v) is 5.84. The van der Waals surface area contributed by atoms with Gasteiger partial charge in [0.05, 0.1) is 7.11 Å². The number of hydrogen-bond acceptors (Lipinski definition) is 6. The molecule has 1 saturated carbocycles. The number of methoxy groups -OCH3 is 1. The molecule has 4 rings (SSSR count). The monoisotopic (exact) mass is 493 g/mol. The molecule has 1 aromatic heterocycles. The summed E-state index contributed by atoms with van der Waals surface area (Å²) in [5, 5.41) is 0.430. The molecule has 9 heteroatoms. The maximum Gasteiger partial charge on any atom is 0.513 e. The zero-order valence-electron chi connectivity index (χ0n) is 19.4. The fraction of sp³-hybridized carbons (Fsp3) is 0.520. The van der Waals surface area contributed by atoms with Crippen molar-refractivity contribution in [3.8, 4) is 16.2 Å². The molecule has 0 unspecified atom stereocenters. The Kier molecular flexibility index (Phi) is 7.83. The third-order valence-electron chi connectivity index (χ3n) is 6.61. The summed E-state index contributed by atoms with van der Waals surface area (Å²) in [5.41, 5.74) is 0.165. The Morgan fingerprint density at radius 2 is 1.76 bits per heavy atom. The van der Waals surface area contributed by atoms with E-state index in [1.807, 2.05) is 0 Å². The predicted octanol–water partition coefficient (Wildman–Crippen LogP) is 6.18. The van der Waals surface area contributed by atoms with Gasteiger partial charge in [0.15, 0.2) is 5.75 Å². The topological polar surface area (TPSA) is 65.1 Å². The Morgan fingerprint density at radius 1 is 1.06 bits per heavy atom. The normalized spacial score (nSPS) is 21.2. The highest BCUT2D eigenvalue weighted by Crippen LogP contribution is 2.46. The average molecular weight is 494 g/mol. The SMILES string of the molecule is COC(=O)Oc1cc(-c2ccc(F)cc2F)sc1N(C(=O)C1CCC(C)CC1)C1CCOCC1. The lowest BCUT2D eigenvalue weighted by Gasteiger charge is -2.37. The Balaban J connectivity index is 1.77. The van der Waals surface area contributed by atoms with E-state index in [-0.39, 0.29) is 29.2 Å². The molecule has 34 heavy (non-hydrogen) atoms. The first-order valence-electron chi connectivity index (χ1n) is 11.6. The van der Waals surface area contributed by atoms with Gasteiger partial charge >= 0.3 is 6.16 Å². The van der Waals surface area contributed by atoms with Crippen LogP contribution in [-0.4, -0.2) is 38.4 Å². The average Bonchev–Trinajstić information content (AvgIpc) is 3.22. The molecule has 1 amide bonds. The second-order valence-corrected chi connectivity index (χ2v) is 10.00. The number of halogens is 2. The van der Waals surface area contributed by atoms with Gasteiger partial charge in [-0.1, -0.05) is 6.92 Å². The number of amides is 1. The van der Waals surface area contributed by atoms with E-state index in [1.165, 1.54) is 25.3 Å². The molecule has 0 N–H and O–H groups in total. The van der Waals surface area contributed by atoms with Gasteiger partial charge in [-0.15, -0.1) is 11.3 Å². The number of carbonyl (C=O) groups is 2. The van der Waals surface area contributed by atoms with Gasteiger partial charge in [0, 0.05) is 47.7 Å². The fourth-order valence-electron chi connectivity index (χ4n) is 4.65. The minimum Gasteiger partial charge on any atom is -0.437 e. The highest BCUT2D eigenvalue weighted by molar-refractivity contribution is 7.20. The molecule has 0 spiro atoms. The van der Waals surface area contributed by atoms with Gasteiger partial charge < -0.3 is 14.2 Å². The van der Waals surface area contributed by atoms with E-state index < -0.39 is 17.8 Å². The third-order valence-corrected chi connectivity index (χ3v) is 7.76. The molecule has 1 aliphatic heterocycles. The van der Waals surface area contributed by atoms with Crippen LogP contribution in [0.3, 0.4) is 0 Å². The molecule has 0 bridgehead atoms. The number of rotatable bonds is 5. The smallest absolute Gasteiger partial charge is 0.437 e. The van der Waals surface area contributed by atoms with Crippen LogP contribution in [0.2, 0.25) is 0 Å². The van der Waals surface area contributed by atoms with Crippen molar-refractivity contribution in [2.45, 2.75) is 51.5 Å². The third kappa shape index (κ3) is 5.41. The van der Waals surface area contributed by atoms with Crippen molar-refractivity contribution in [3.05, 3.63) is 35.9 Å². The van der Waals surface area contributed by atoms with Crippen molar-refractivity contribution in [3.63, 3.8) is 0 Å². The van der Waals surface area contributed by atoms with Crippen LogP contribution in [0, 0.1) is 23.5 Å². The molecule has 6 nitrogen and oxygen atoms in total. The number of nitrogens with zero attached hydrogens (tertiary/aromatic N) is 1. The predicted molar refractivity (Wildman–Crippen MR) is 125 cm³/mol. The standard InChI is InChI=1S/C25H29F2NO5S/c1-15-3-5-16(6-4-15)23(29)28(18-9-11-32-12-10-18)24-21(33-25(30)31-2)14-22(34-24)19-8-7-17(26)13-20(19)27/h7-8,13-16,18H,3-6,9-12H2,1-2H3. The maximum absolute atomic E-state index is 14.6. The molecule has 184 valence electrons. The summed E-state index contributed by atoms with van der Waals surface area (Å²) in [6.07, 6.45) is 3.93. The minimum atomic E-state index is -0.934. The molecule has 1 aromatic carbocycles. The molecule has 0 atom stereocenters. The second-order valence-electron chi connectivity index (χ2n) is 8.97. The highest BCUT2D eigenvalue weighted by Gasteiger charge is 2.37. The summed E-state index contributed by atoms with van der Waals surface area (Å²) in [7, 11) is 1.19. The zero-order valence-corrected chi connectivity index (χ0v) is 20.2. The molecule has 2 aromatic rings. The molecule has 1 saturated heterocycles. The van der Waals surface area contributed by atoms with E-state index in [2.05, 4.69) is 11.7 Å². The van der Waals surface area contributed by atoms with Gasteiger partial charge in [0.1, 0.15) is 16.6 Å². The molecule has 1 aliphatic carbocycles. The summed E-state index contributed by atoms with van der Waals surface area (Å²) in [6.45, 7) is 3.24. The Labute approximate surface area is 201 Å². The van der Waals surface area contributed by atoms with Gasteiger partial charge in [0.25, 0.3) is 0 Å². The second kappa shape index (κ2) is 10.8. The highest BCUT2D eigenvalue weighted by atomic mass is 32.1. The molecular formula is C25H29F2NO5S. The number of ether oxygens (including phenoxy) is 3. The van der Waals surface area contributed by atoms with Crippen LogP contribution in [0.1, 0.15) is 45.4 Å². The maximum atomic E-state index is 14.6. The molecule has 0 radical (unpaired) electrons. The van der Waals surface area contributed by atoms with Crippen LogP contribution in [0.5, 0.6) is 5.75 Å². The lowest BCUT2D eigenvalue weighted by Crippen LogP contribution is -2.46. The van der Waals surface area contributed by atoms with Gasteiger partial charge in [-0.3, -0.25) is 9.69 Å². The van der Waals surface area contributed by atoms with Crippen LogP contribution >= 0.6 is 11.3 Å². The minimum absolute atomic E-state index is 0.0125. The van der Waals surface area contributed by atoms with Crippen molar-refractivity contribution in [1.82, 2.24) is 0 Å². The van der Waals surface area contributed by atoms with Crippen LogP contribution in [-0.2, 0) is 14.3 Å². The summed E-state index contributed by atoms with van der Waals surface area (Å²) >= 11 is 1.15. The first-order valence-corrected chi connectivity index (χ1v) is 12.4. The van der Waals surface area contributed by atoms with Crippen LogP contribution in [0.15, 0.2) is 24.3 Å². The van der Waals surface area contributed by atoms with Crippen LogP contribution in [0.4, 0.5) is 18.6 Å². The van der Waals surface area contributed by atoms with E-state index in [1.54, 1.807) is 4.90 Å². The Bertz CT molecular complexity index is 1030. The number of anilines is 1. The van der Waals surface area contributed by atoms with E-state index in [0.717, 1.165) is 43.1 Å². The zero-order chi connectivity index (χ0) is 24.2. The quantitative estimate of drug-likeness (QED) is 0.466. The van der Waals surface area contributed by atoms with Crippen molar-refractivity contribution in [2.24, 2.45) is 11.8 Å². The van der Waals surface area contributed by atoms with Gasteiger partial charge in [-0.2, -0.15) is 0 Å². The molecule has 2 aliphatic rings. The number of thiophene rings is 1. The van der Waals surface area contributed by atoms with Crippen molar-refractivity contribution in [2.75, 3.05) is 25.2 Å². The van der Waals surface area contributed by atoms with Crippen LogP contribution in [0.25, 0.3) is 10.4 Å². The van der Waals surface area contributed by atoms with Gasteiger partial charge in [-0.05, 0) is 56.6 Å². The van der Waals surface area contributed by atoms with E-state index in [9.17, 15) is 18.4 Å². The summed E-state index contributed by atoms with van der Waals surface area (Å²) in [6, 6.07) is 4.69.